The number of carboxylic acid groups (broad SMARTS) is 1. The minimum Gasteiger partial charge on any atom is -0.493 e. The topological polar surface area (TPSA) is 93.1 Å². The molecule has 3 aromatic rings. The fraction of sp³-hybridized carbons (Fsp3) is 0.364. The summed E-state index contributed by atoms with van der Waals surface area (Å²) in [6.07, 6.45) is 3.48. The fourth-order valence-electron chi connectivity index (χ4n) is 4.03. The third-order valence-corrected chi connectivity index (χ3v) is 5.41. The van der Waals surface area contributed by atoms with E-state index >= 15 is 0 Å². The molecule has 1 unspecified atom stereocenters. The van der Waals surface area contributed by atoms with Crippen LogP contribution in [0.5, 0.6) is 5.75 Å². The van der Waals surface area contributed by atoms with Crippen molar-refractivity contribution in [2.75, 3.05) is 25.4 Å². The number of pyridine rings is 1. The number of fused-ring (bicyclic) bond motifs is 1. The number of nitrogens with zero attached hydrogens (tertiary/aromatic N) is 3. The number of aliphatic carboxylic acids is 1. The van der Waals surface area contributed by atoms with Gasteiger partial charge in [0.1, 0.15) is 11.4 Å². The second-order valence-electron chi connectivity index (χ2n) is 7.44. The van der Waals surface area contributed by atoms with E-state index in [1.54, 1.807) is 0 Å². The molecule has 0 aliphatic carbocycles. The fourth-order valence-corrected chi connectivity index (χ4v) is 4.03. The molecule has 3 N–H and O–H groups in total. The molecule has 0 spiro atoms. The van der Waals surface area contributed by atoms with E-state index < -0.39 is 5.97 Å². The quantitative estimate of drug-likeness (QED) is 0.666. The Bertz CT molecular complexity index is 1030. The van der Waals surface area contributed by atoms with Crippen LogP contribution in [0.3, 0.4) is 0 Å². The van der Waals surface area contributed by atoms with Crippen molar-refractivity contribution < 1.29 is 14.6 Å². The Labute approximate surface area is 169 Å². The molecule has 1 aromatic carbocycles. The van der Waals surface area contributed by atoms with Crippen molar-refractivity contribution in [2.45, 2.75) is 26.3 Å². The summed E-state index contributed by atoms with van der Waals surface area (Å²) in [4.78, 5) is 18.6. The van der Waals surface area contributed by atoms with Gasteiger partial charge in [-0.3, -0.25) is 9.69 Å². The largest absolute Gasteiger partial charge is 0.493 e. The minimum absolute atomic E-state index is 0.327. The smallest absolute Gasteiger partial charge is 0.307 e. The van der Waals surface area contributed by atoms with Gasteiger partial charge in [0.25, 0.3) is 0 Å². The van der Waals surface area contributed by atoms with E-state index in [-0.39, 0.29) is 5.92 Å². The SMILES string of the molecule is CCOc1ccccc1-c1nc2ccc(N)cn2c1CN1CCCC(C(=O)O)C1. The van der Waals surface area contributed by atoms with Crippen LogP contribution in [0.2, 0.25) is 0 Å². The lowest BCUT2D eigenvalue weighted by Gasteiger charge is -2.30. The lowest BCUT2D eigenvalue weighted by molar-refractivity contribution is -0.143. The Morgan fingerprint density at radius 1 is 1.31 bits per heavy atom. The third-order valence-electron chi connectivity index (χ3n) is 5.41. The number of para-hydroxylation sites is 1. The van der Waals surface area contributed by atoms with Gasteiger partial charge in [0.05, 0.1) is 23.9 Å². The first-order valence-electron chi connectivity index (χ1n) is 10.0. The van der Waals surface area contributed by atoms with Gasteiger partial charge in [0, 0.05) is 30.5 Å². The molecule has 1 atom stereocenters. The van der Waals surface area contributed by atoms with Crippen molar-refractivity contribution >= 4 is 17.3 Å². The van der Waals surface area contributed by atoms with Gasteiger partial charge in [-0.2, -0.15) is 0 Å². The van der Waals surface area contributed by atoms with Gasteiger partial charge in [0.15, 0.2) is 0 Å². The van der Waals surface area contributed by atoms with Crippen LogP contribution in [0.1, 0.15) is 25.5 Å². The van der Waals surface area contributed by atoms with Crippen LogP contribution in [-0.2, 0) is 11.3 Å². The number of hydrogen-bond donors (Lipinski definition) is 2. The minimum atomic E-state index is -0.723. The van der Waals surface area contributed by atoms with Gasteiger partial charge in [0.2, 0.25) is 0 Å². The van der Waals surface area contributed by atoms with E-state index in [9.17, 15) is 9.90 Å². The molecule has 29 heavy (non-hydrogen) atoms. The van der Waals surface area contributed by atoms with Gasteiger partial charge >= 0.3 is 5.97 Å². The molecule has 0 bridgehead atoms. The van der Waals surface area contributed by atoms with Gasteiger partial charge in [-0.1, -0.05) is 12.1 Å². The van der Waals surface area contributed by atoms with E-state index in [2.05, 4.69) is 4.90 Å². The second-order valence-corrected chi connectivity index (χ2v) is 7.44. The Morgan fingerprint density at radius 2 is 2.14 bits per heavy atom. The number of hydrogen-bond acceptors (Lipinski definition) is 5. The molecule has 2 aromatic heterocycles. The predicted molar refractivity (Wildman–Crippen MR) is 112 cm³/mol. The molecule has 1 aliphatic heterocycles. The summed E-state index contributed by atoms with van der Waals surface area (Å²) in [5.41, 5.74) is 10.3. The maximum absolute atomic E-state index is 11.5. The average molecular weight is 394 g/mol. The van der Waals surface area contributed by atoms with E-state index in [1.165, 1.54) is 0 Å². The Kier molecular flexibility index (Phi) is 5.40. The summed E-state index contributed by atoms with van der Waals surface area (Å²) in [6, 6.07) is 11.6. The highest BCUT2D eigenvalue weighted by atomic mass is 16.5. The lowest BCUT2D eigenvalue weighted by atomic mass is 9.98. The highest BCUT2D eigenvalue weighted by molar-refractivity contribution is 5.73. The second kappa shape index (κ2) is 8.13. The van der Waals surface area contributed by atoms with Crippen molar-refractivity contribution in [1.82, 2.24) is 14.3 Å². The van der Waals surface area contributed by atoms with Crippen LogP contribution < -0.4 is 10.5 Å². The van der Waals surface area contributed by atoms with Crippen molar-refractivity contribution in [3.63, 3.8) is 0 Å². The number of rotatable bonds is 6. The Morgan fingerprint density at radius 3 is 2.93 bits per heavy atom. The first-order chi connectivity index (χ1) is 14.1. The molecule has 1 saturated heterocycles. The number of benzene rings is 1. The first kappa shape index (κ1) is 19.3. The summed E-state index contributed by atoms with van der Waals surface area (Å²) in [7, 11) is 0. The number of piperidine rings is 1. The third kappa shape index (κ3) is 3.91. The summed E-state index contributed by atoms with van der Waals surface area (Å²) in [5, 5.41) is 9.44. The van der Waals surface area contributed by atoms with Crippen LogP contribution in [0.15, 0.2) is 42.6 Å². The number of ether oxygens (including phenoxy) is 1. The van der Waals surface area contributed by atoms with Crippen molar-refractivity contribution in [1.29, 1.82) is 0 Å². The molecule has 7 heteroatoms. The molecule has 1 fully saturated rings. The first-order valence-corrected chi connectivity index (χ1v) is 10.0. The number of likely N-dealkylation sites (tertiary alicyclic amines) is 1. The van der Waals surface area contributed by atoms with Crippen molar-refractivity contribution in [2.24, 2.45) is 5.92 Å². The summed E-state index contributed by atoms with van der Waals surface area (Å²) in [6.45, 7) is 4.54. The number of nitrogen functional groups attached to an aromatic ring is 1. The number of imidazole rings is 1. The number of nitrogens with two attached hydrogens (primary N) is 1. The number of carbonyl (C=O) groups is 1. The summed E-state index contributed by atoms with van der Waals surface area (Å²) < 4.78 is 7.85. The van der Waals surface area contributed by atoms with Crippen LogP contribution in [0, 0.1) is 5.92 Å². The summed E-state index contributed by atoms with van der Waals surface area (Å²) >= 11 is 0. The van der Waals surface area contributed by atoms with Crippen LogP contribution in [0.4, 0.5) is 5.69 Å². The van der Waals surface area contributed by atoms with Crippen LogP contribution in [-0.4, -0.2) is 45.1 Å². The molecule has 4 rings (SSSR count). The molecule has 1 aliphatic rings. The highest BCUT2D eigenvalue weighted by Crippen LogP contribution is 2.34. The van der Waals surface area contributed by atoms with Crippen LogP contribution >= 0.6 is 0 Å². The van der Waals surface area contributed by atoms with Crippen molar-refractivity contribution in [3.05, 3.63) is 48.3 Å². The maximum atomic E-state index is 11.5. The molecule has 7 nitrogen and oxygen atoms in total. The molecular weight excluding hydrogens is 368 g/mol. The number of carboxylic acids is 1. The van der Waals surface area contributed by atoms with Gasteiger partial charge in [-0.25, -0.2) is 4.98 Å². The molecular formula is C22H26N4O3. The number of aromatic nitrogens is 2. The molecule has 0 radical (unpaired) electrons. The lowest BCUT2D eigenvalue weighted by Crippen LogP contribution is -2.38. The highest BCUT2D eigenvalue weighted by Gasteiger charge is 2.27. The van der Waals surface area contributed by atoms with E-state index in [4.69, 9.17) is 15.5 Å². The van der Waals surface area contributed by atoms with E-state index in [0.29, 0.717) is 25.4 Å². The van der Waals surface area contributed by atoms with Crippen LogP contribution in [0.25, 0.3) is 16.9 Å². The zero-order valence-electron chi connectivity index (χ0n) is 16.5. The summed E-state index contributed by atoms with van der Waals surface area (Å²) in [5.74, 6) is -0.263. The van der Waals surface area contributed by atoms with Gasteiger partial charge in [-0.05, 0) is 50.6 Å². The van der Waals surface area contributed by atoms with E-state index in [1.807, 2.05) is 53.9 Å². The predicted octanol–water partition coefficient (Wildman–Crippen LogP) is 3.28. The molecule has 3 heterocycles. The standard InChI is InChI=1S/C22H26N4O3/c1-2-29-19-8-4-3-7-17(19)21-18(26-13-16(23)9-10-20(26)24-21)14-25-11-5-6-15(12-25)22(27)28/h3-4,7-10,13,15H,2,5-6,11-12,14,23H2,1H3,(H,27,28). The zero-order valence-corrected chi connectivity index (χ0v) is 16.5. The normalized spacial score (nSPS) is 17.5. The number of anilines is 1. The van der Waals surface area contributed by atoms with E-state index in [0.717, 1.165) is 47.7 Å². The Hall–Kier alpha value is -3.06. The Balaban J connectivity index is 1.78. The monoisotopic (exact) mass is 394 g/mol. The maximum Gasteiger partial charge on any atom is 0.307 e. The van der Waals surface area contributed by atoms with Gasteiger partial charge in [-0.15, -0.1) is 0 Å². The zero-order chi connectivity index (χ0) is 20.4. The van der Waals surface area contributed by atoms with Crippen molar-refractivity contribution in [3.8, 4) is 17.0 Å². The molecule has 0 amide bonds. The average Bonchev–Trinajstić information content (AvgIpc) is 3.06. The molecule has 152 valence electrons. The molecule has 0 saturated carbocycles. The van der Waals surface area contributed by atoms with Gasteiger partial charge < -0.3 is 20.0 Å².